The molecule has 188 valence electrons. The third kappa shape index (κ3) is 5.64. The summed E-state index contributed by atoms with van der Waals surface area (Å²) in [6, 6.07) is 10.5. The summed E-state index contributed by atoms with van der Waals surface area (Å²) in [5, 5.41) is 0. The van der Waals surface area contributed by atoms with Gasteiger partial charge in [0.05, 0.1) is 34.2 Å². The number of hydrogen-bond donors (Lipinski definition) is 0. The largest absolute Gasteiger partial charge is 0.494 e. The Kier molecular flexibility index (Phi) is 8.00. The molecule has 1 saturated heterocycles. The lowest BCUT2D eigenvalue weighted by Gasteiger charge is -2.30. The fourth-order valence-electron chi connectivity index (χ4n) is 4.10. The second kappa shape index (κ2) is 11.0. The van der Waals surface area contributed by atoms with Crippen LogP contribution in [0.15, 0.2) is 52.4 Å². The van der Waals surface area contributed by atoms with E-state index in [2.05, 4.69) is 4.99 Å². The standard InChI is InChI=1S/C24H28FN3O5S2/c1-3-33-19-8-11-21-22(15-19)34-24(28(21)13-14-32-2)26-23(29)17-5-4-12-27(16-17)35(30,31)20-9-6-18(25)7-10-20/h6-11,15,17H,3-5,12-14,16H2,1-2H3. The molecule has 0 aliphatic carbocycles. The van der Waals surface area contributed by atoms with Crippen molar-refractivity contribution in [2.24, 2.45) is 10.9 Å². The third-order valence-corrected chi connectivity index (χ3v) is 8.80. The van der Waals surface area contributed by atoms with E-state index in [0.29, 0.717) is 43.9 Å². The van der Waals surface area contributed by atoms with Crippen molar-refractivity contribution in [3.05, 3.63) is 53.1 Å². The number of sulfonamides is 1. The Bertz CT molecular complexity index is 1370. The summed E-state index contributed by atoms with van der Waals surface area (Å²) in [6.45, 7) is 3.79. The third-order valence-electron chi connectivity index (χ3n) is 5.87. The van der Waals surface area contributed by atoms with E-state index in [0.717, 1.165) is 28.1 Å². The van der Waals surface area contributed by atoms with Crippen LogP contribution < -0.4 is 9.54 Å². The summed E-state index contributed by atoms with van der Waals surface area (Å²) < 4.78 is 54.3. The molecular formula is C24H28FN3O5S2. The minimum absolute atomic E-state index is 0.0101. The SMILES string of the molecule is CCOc1ccc2c(c1)sc(=NC(=O)C1CCCN(S(=O)(=O)c3ccc(F)cc3)C1)n2CCOC. The number of rotatable bonds is 8. The van der Waals surface area contributed by atoms with Crippen LogP contribution in [-0.2, 0) is 26.1 Å². The van der Waals surface area contributed by atoms with Crippen LogP contribution >= 0.6 is 11.3 Å². The van der Waals surface area contributed by atoms with Gasteiger partial charge in [0, 0.05) is 26.7 Å². The van der Waals surface area contributed by atoms with Gasteiger partial charge < -0.3 is 14.0 Å². The number of fused-ring (bicyclic) bond motifs is 1. The maximum Gasteiger partial charge on any atom is 0.252 e. The van der Waals surface area contributed by atoms with E-state index >= 15 is 0 Å². The van der Waals surface area contributed by atoms with E-state index < -0.39 is 21.8 Å². The molecule has 35 heavy (non-hydrogen) atoms. The summed E-state index contributed by atoms with van der Waals surface area (Å²) in [6.07, 6.45) is 1.09. The topological polar surface area (TPSA) is 90.2 Å². The first-order chi connectivity index (χ1) is 16.8. The molecule has 1 atom stereocenters. The fraction of sp³-hybridized carbons (Fsp3) is 0.417. The summed E-state index contributed by atoms with van der Waals surface area (Å²) in [4.78, 5) is 18.2. The highest BCUT2D eigenvalue weighted by Crippen LogP contribution is 2.26. The van der Waals surface area contributed by atoms with Gasteiger partial charge in [-0.25, -0.2) is 12.8 Å². The number of methoxy groups -OCH3 is 1. The Balaban J connectivity index is 1.62. The van der Waals surface area contributed by atoms with Gasteiger partial charge in [0.25, 0.3) is 5.91 Å². The van der Waals surface area contributed by atoms with Gasteiger partial charge in [-0.15, -0.1) is 0 Å². The maximum atomic E-state index is 13.3. The van der Waals surface area contributed by atoms with Crippen molar-refractivity contribution in [2.75, 3.05) is 33.4 Å². The number of carbonyl (C=O) groups is 1. The van der Waals surface area contributed by atoms with Gasteiger partial charge >= 0.3 is 0 Å². The average molecular weight is 522 g/mol. The van der Waals surface area contributed by atoms with Gasteiger partial charge in [-0.2, -0.15) is 9.30 Å². The maximum absolute atomic E-state index is 13.3. The Labute approximate surface area is 207 Å². The quantitative estimate of drug-likeness (QED) is 0.453. The number of benzene rings is 2. The minimum Gasteiger partial charge on any atom is -0.494 e. The number of carbonyl (C=O) groups excluding carboxylic acids is 1. The van der Waals surface area contributed by atoms with E-state index in [-0.39, 0.29) is 17.3 Å². The first-order valence-electron chi connectivity index (χ1n) is 11.4. The smallest absolute Gasteiger partial charge is 0.252 e. The molecule has 1 aliphatic heterocycles. The molecule has 0 spiro atoms. The van der Waals surface area contributed by atoms with E-state index in [1.807, 2.05) is 29.7 Å². The fourth-order valence-corrected chi connectivity index (χ4v) is 6.71. The van der Waals surface area contributed by atoms with Crippen molar-refractivity contribution in [3.63, 3.8) is 0 Å². The highest BCUT2D eigenvalue weighted by Gasteiger charge is 2.33. The zero-order valence-electron chi connectivity index (χ0n) is 19.6. The number of hydrogen-bond acceptors (Lipinski definition) is 6. The van der Waals surface area contributed by atoms with Crippen LogP contribution in [-0.4, -0.2) is 56.6 Å². The molecule has 11 heteroatoms. The van der Waals surface area contributed by atoms with Crippen LogP contribution in [0.5, 0.6) is 5.75 Å². The predicted molar refractivity (Wildman–Crippen MR) is 131 cm³/mol. The first-order valence-corrected chi connectivity index (χ1v) is 13.7. The predicted octanol–water partition coefficient (Wildman–Crippen LogP) is 3.42. The van der Waals surface area contributed by atoms with Gasteiger partial charge in [-0.3, -0.25) is 4.79 Å². The zero-order chi connectivity index (χ0) is 25.0. The zero-order valence-corrected chi connectivity index (χ0v) is 21.3. The van der Waals surface area contributed by atoms with Crippen LogP contribution in [0.1, 0.15) is 19.8 Å². The molecule has 1 amide bonds. The van der Waals surface area contributed by atoms with E-state index in [1.54, 1.807) is 7.11 Å². The molecule has 2 heterocycles. The number of nitrogens with zero attached hydrogens (tertiary/aromatic N) is 3. The highest BCUT2D eigenvalue weighted by atomic mass is 32.2. The Hall–Kier alpha value is -2.60. The average Bonchev–Trinajstić information content (AvgIpc) is 3.19. The van der Waals surface area contributed by atoms with Gasteiger partial charge in [0.1, 0.15) is 11.6 Å². The molecule has 0 saturated carbocycles. The number of thiazole rings is 1. The normalized spacial score (nSPS) is 17.7. The van der Waals surface area contributed by atoms with Crippen molar-refractivity contribution in [1.82, 2.24) is 8.87 Å². The lowest BCUT2D eigenvalue weighted by Crippen LogP contribution is -2.42. The molecule has 3 aromatic rings. The second-order valence-corrected chi connectivity index (χ2v) is 11.1. The van der Waals surface area contributed by atoms with Crippen LogP contribution in [0.4, 0.5) is 4.39 Å². The Morgan fingerprint density at radius 2 is 2.00 bits per heavy atom. The monoisotopic (exact) mass is 521 g/mol. The van der Waals surface area contributed by atoms with Crippen LogP contribution in [0.3, 0.4) is 0 Å². The van der Waals surface area contributed by atoms with Gasteiger partial charge in [0.2, 0.25) is 10.0 Å². The van der Waals surface area contributed by atoms with E-state index in [1.165, 1.54) is 27.8 Å². The molecule has 4 rings (SSSR count). The second-order valence-electron chi connectivity index (χ2n) is 8.20. The number of ether oxygens (including phenoxy) is 2. The van der Waals surface area contributed by atoms with Crippen LogP contribution in [0.25, 0.3) is 10.2 Å². The molecule has 0 radical (unpaired) electrons. The van der Waals surface area contributed by atoms with Crippen molar-refractivity contribution < 1.29 is 27.1 Å². The van der Waals surface area contributed by atoms with Crippen molar-refractivity contribution in [1.29, 1.82) is 0 Å². The van der Waals surface area contributed by atoms with Crippen LogP contribution in [0.2, 0.25) is 0 Å². The Morgan fingerprint density at radius 1 is 1.23 bits per heavy atom. The van der Waals surface area contributed by atoms with Crippen molar-refractivity contribution >= 4 is 37.5 Å². The summed E-state index contributed by atoms with van der Waals surface area (Å²) in [5.41, 5.74) is 0.922. The number of amides is 1. The molecule has 0 bridgehead atoms. The van der Waals surface area contributed by atoms with Crippen molar-refractivity contribution in [2.45, 2.75) is 31.2 Å². The lowest BCUT2D eigenvalue weighted by atomic mass is 9.99. The minimum atomic E-state index is -3.83. The van der Waals surface area contributed by atoms with E-state index in [9.17, 15) is 17.6 Å². The number of aromatic nitrogens is 1. The van der Waals surface area contributed by atoms with Gasteiger partial charge in [-0.05, 0) is 62.2 Å². The van der Waals surface area contributed by atoms with Gasteiger partial charge in [0.15, 0.2) is 4.80 Å². The number of piperidine rings is 1. The van der Waals surface area contributed by atoms with Crippen molar-refractivity contribution in [3.8, 4) is 5.75 Å². The van der Waals surface area contributed by atoms with E-state index in [4.69, 9.17) is 9.47 Å². The molecule has 1 aliphatic rings. The molecule has 8 nitrogen and oxygen atoms in total. The summed E-state index contributed by atoms with van der Waals surface area (Å²) >= 11 is 1.38. The van der Waals surface area contributed by atoms with Gasteiger partial charge in [-0.1, -0.05) is 11.3 Å². The first kappa shape index (κ1) is 25.5. The summed E-state index contributed by atoms with van der Waals surface area (Å²) in [5.74, 6) is -0.675. The molecule has 2 aromatic carbocycles. The van der Waals surface area contributed by atoms with Crippen LogP contribution in [0, 0.1) is 11.7 Å². The molecule has 1 aromatic heterocycles. The Morgan fingerprint density at radius 3 is 2.71 bits per heavy atom. The highest BCUT2D eigenvalue weighted by molar-refractivity contribution is 7.89. The lowest BCUT2D eigenvalue weighted by molar-refractivity contribution is -0.122. The summed E-state index contributed by atoms with van der Waals surface area (Å²) in [7, 11) is -2.22. The molecular weight excluding hydrogens is 493 g/mol. The number of halogens is 1. The molecule has 1 fully saturated rings. The molecule has 1 unspecified atom stereocenters. The molecule has 0 N–H and O–H groups in total.